The van der Waals surface area contributed by atoms with Crippen LogP contribution in [-0.2, 0) is 0 Å². The third-order valence-electron chi connectivity index (χ3n) is 2.39. The van der Waals surface area contributed by atoms with Gasteiger partial charge in [0, 0.05) is 23.6 Å². The lowest BCUT2D eigenvalue weighted by Gasteiger charge is -2.24. The van der Waals surface area contributed by atoms with E-state index in [0.29, 0.717) is 6.42 Å². The Balaban J connectivity index is 2.48. The van der Waals surface area contributed by atoms with E-state index in [1.54, 1.807) is 12.4 Å². The maximum absolute atomic E-state index is 8.56. The molecule has 1 aromatic heterocycles. The first-order valence-electron chi connectivity index (χ1n) is 5.25. The van der Waals surface area contributed by atoms with Gasteiger partial charge in [0.05, 0.1) is 18.0 Å². The summed E-state index contributed by atoms with van der Waals surface area (Å²) in [5.41, 5.74) is 1.12. The molecule has 0 bridgehead atoms. The lowest BCUT2D eigenvalue weighted by atomic mass is 9.88. The number of rotatable bonds is 5. The van der Waals surface area contributed by atoms with Gasteiger partial charge in [-0.1, -0.05) is 13.8 Å². The highest BCUT2D eigenvalue weighted by atomic mass is 79.9. The van der Waals surface area contributed by atoms with Crippen LogP contribution >= 0.6 is 15.9 Å². The van der Waals surface area contributed by atoms with Gasteiger partial charge in [-0.3, -0.25) is 4.98 Å². The highest BCUT2D eigenvalue weighted by molar-refractivity contribution is 9.10. The molecule has 1 N–H and O–H groups in total. The van der Waals surface area contributed by atoms with Crippen LogP contribution in [0.15, 0.2) is 22.9 Å². The van der Waals surface area contributed by atoms with E-state index < -0.39 is 0 Å². The summed E-state index contributed by atoms with van der Waals surface area (Å²) in [6, 6.07) is 4.18. The fraction of sp³-hybridized carbons (Fsp3) is 0.500. The van der Waals surface area contributed by atoms with E-state index in [1.165, 1.54) is 0 Å². The number of aromatic nitrogens is 1. The Morgan fingerprint density at radius 3 is 2.88 bits per heavy atom. The molecule has 1 aromatic rings. The predicted octanol–water partition coefficient (Wildman–Crippen LogP) is 3.59. The third kappa shape index (κ3) is 4.63. The van der Waals surface area contributed by atoms with E-state index in [9.17, 15) is 0 Å². The number of nitrogens with one attached hydrogen (secondary N) is 1. The van der Waals surface area contributed by atoms with Crippen molar-refractivity contribution in [1.29, 1.82) is 5.26 Å². The molecule has 0 atom stereocenters. The molecule has 0 aliphatic heterocycles. The van der Waals surface area contributed by atoms with Crippen molar-refractivity contribution in [2.75, 3.05) is 11.9 Å². The van der Waals surface area contributed by atoms with Crippen molar-refractivity contribution in [3.63, 3.8) is 0 Å². The van der Waals surface area contributed by atoms with Gasteiger partial charge in [-0.05, 0) is 33.8 Å². The molecule has 0 aromatic carbocycles. The smallest absolute Gasteiger partial charge is 0.0621 e. The van der Waals surface area contributed by atoms with Gasteiger partial charge < -0.3 is 5.32 Å². The third-order valence-corrected chi connectivity index (χ3v) is 2.82. The zero-order chi connectivity index (χ0) is 12.0. The summed E-state index contributed by atoms with van der Waals surface area (Å²) in [5, 5.41) is 11.9. The van der Waals surface area contributed by atoms with Crippen molar-refractivity contribution in [1.82, 2.24) is 4.98 Å². The molecule has 0 radical (unpaired) electrons. The van der Waals surface area contributed by atoms with Gasteiger partial charge in [0.2, 0.25) is 0 Å². The summed E-state index contributed by atoms with van der Waals surface area (Å²) in [5.74, 6) is 0. The Morgan fingerprint density at radius 2 is 2.25 bits per heavy atom. The second kappa shape index (κ2) is 5.86. The van der Waals surface area contributed by atoms with E-state index in [-0.39, 0.29) is 5.41 Å². The Bertz CT molecular complexity index is 382. The van der Waals surface area contributed by atoms with Crippen molar-refractivity contribution in [3.8, 4) is 6.07 Å². The van der Waals surface area contributed by atoms with Gasteiger partial charge in [-0.15, -0.1) is 0 Å². The Labute approximate surface area is 105 Å². The molecule has 1 heterocycles. The normalized spacial score (nSPS) is 10.9. The van der Waals surface area contributed by atoms with Crippen molar-refractivity contribution in [2.24, 2.45) is 5.41 Å². The quantitative estimate of drug-likeness (QED) is 0.897. The summed E-state index contributed by atoms with van der Waals surface area (Å²) in [4.78, 5) is 4.09. The summed E-state index contributed by atoms with van der Waals surface area (Å²) < 4.78 is 0.965. The summed E-state index contributed by atoms with van der Waals surface area (Å²) in [6.07, 6.45) is 5.06. The first-order valence-corrected chi connectivity index (χ1v) is 6.04. The number of nitrogens with zero attached hydrogens (tertiary/aromatic N) is 2. The van der Waals surface area contributed by atoms with Crippen molar-refractivity contribution < 1.29 is 0 Å². The molecule has 86 valence electrons. The van der Waals surface area contributed by atoms with Crippen LogP contribution in [0.3, 0.4) is 0 Å². The molecule has 0 spiro atoms. The summed E-state index contributed by atoms with van der Waals surface area (Å²) in [7, 11) is 0. The van der Waals surface area contributed by atoms with Crippen LogP contribution in [0.4, 0.5) is 5.69 Å². The van der Waals surface area contributed by atoms with E-state index in [4.69, 9.17) is 5.26 Å². The molecule has 0 fully saturated rings. The maximum atomic E-state index is 8.56. The molecule has 16 heavy (non-hydrogen) atoms. The number of nitriles is 1. The molecular formula is C12H16BrN3. The molecular weight excluding hydrogens is 266 g/mol. The second-order valence-electron chi connectivity index (χ2n) is 4.57. The number of hydrogen-bond donors (Lipinski definition) is 1. The average Bonchev–Trinajstić information content (AvgIpc) is 2.24. The molecule has 0 saturated carbocycles. The number of pyridine rings is 1. The van der Waals surface area contributed by atoms with Crippen LogP contribution in [-0.4, -0.2) is 11.5 Å². The second-order valence-corrected chi connectivity index (χ2v) is 5.48. The lowest BCUT2D eigenvalue weighted by molar-refractivity contribution is 0.364. The zero-order valence-corrected chi connectivity index (χ0v) is 11.2. The van der Waals surface area contributed by atoms with Crippen LogP contribution in [0.25, 0.3) is 0 Å². The summed E-state index contributed by atoms with van der Waals surface area (Å²) in [6.45, 7) is 5.15. The molecule has 3 nitrogen and oxygen atoms in total. The largest absolute Gasteiger partial charge is 0.383 e. The first kappa shape index (κ1) is 13.0. The minimum Gasteiger partial charge on any atom is -0.383 e. The Kier molecular flexibility index (Phi) is 4.75. The molecule has 0 amide bonds. The van der Waals surface area contributed by atoms with Gasteiger partial charge in [0.1, 0.15) is 0 Å². The number of hydrogen-bond acceptors (Lipinski definition) is 3. The van der Waals surface area contributed by atoms with E-state index in [0.717, 1.165) is 23.1 Å². The van der Waals surface area contributed by atoms with Crippen molar-refractivity contribution >= 4 is 21.6 Å². The summed E-state index contributed by atoms with van der Waals surface area (Å²) >= 11 is 3.38. The van der Waals surface area contributed by atoms with E-state index >= 15 is 0 Å². The first-order chi connectivity index (χ1) is 7.53. The topological polar surface area (TPSA) is 48.7 Å². The minimum atomic E-state index is 0.123. The van der Waals surface area contributed by atoms with E-state index in [1.807, 2.05) is 6.07 Å². The SMILES string of the molecule is CC(C)(CCC#N)CNc1cncc(Br)c1. The molecule has 4 heteroatoms. The zero-order valence-electron chi connectivity index (χ0n) is 9.63. The average molecular weight is 282 g/mol. The molecule has 0 unspecified atom stereocenters. The predicted molar refractivity (Wildman–Crippen MR) is 69.1 cm³/mol. The van der Waals surface area contributed by atoms with Gasteiger partial charge in [-0.2, -0.15) is 5.26 Å². The Hall–Kier alpha value is -1.08. The van der Waals surface area contributed by atoms with Crippen LogP contribution in [0, 0.1) is 16.7 Å². The fourth-order valence-electron chi connectivity index (χ4n) is 1.33. The maximum Gasteiger partial charge on any atom is 0.0621 e. The van der Waals surface area contributed by atoms with Gasteiger partial charge in [0.25, 0.3) is 0 Å². The highest BCUT2D eigenvalue weighted by Crippen LogP contribution is 2.23. The standard InChI is InChI=1S/C12H16BrN3/c1-12(2,4-3-5-14)9-16-11-6-10(13)7-15-8-11/h6-8,16H,3-4,9H2,1-2H3. The fourth-order valence-corrected chi connectivity index (χ4v) is 1.70. The van der Waals surface area contributed by atoms with E-state index in [2.05, 4.69) is 46.1 Å². The minimum absolute atomic E-state index is 0.123. The molecule has 0 saturated heterocycles. The van der Waals surface area contributed by atoms with Crippen LogP contribution < -0.4 is 5.32 Å². The molecule has 0 aliphatic rings. The van der Waals surface area contributed by atoms with Crippen LogP contribution in [0.5, 0.6) is 0 Å². The van der Waals surface area contributed by atoms with Gasteiger partial charge >= 0.3 is 0 Å². The molecule has 0 aliphatic carbocycles. The van der Waals surface area contributed by atoms with Crippen LogP contribution in [0.2, 0.25) is 0 Å². The number of anilines is 1. The molecule has 1 rings (SSSR count). The number of halogens is 1. The highest BCUT2D eigenvalue weighted by Gasteiger charge is 2.16. The Morgan fingerprint density at radius 1 is 1.50 bits per heavy atom. The lowest BCUT2D eigenvalue weighted by Crippen LogP contribution is -2.22. The van der Waals surface area contributed by atoms with Crippen molar-refractivity contribution in [3.05, 3.63) is 22.9 Å². The van der Waals surface area contributed by atoms with Gasteiger partial charge in [0.15, 0.2) is 0 Å². The monoisotopic (exact) mass is 281 g/mol. The van der Waals surface area contributed by atoms with Crippen LogP contribution in [0.1, 0.15) is 26.7 Å². The van der Waals surface area contributed by atoms with Crippen molar-refractivity contribution in [2.45, 2.75) is 26.7 Å². The van der Waals surface area contributed by atoms with Gasteiger partial charge in [-0.25, -0.2) is 0 Å².